The molecule has 2 aromatic carbocycles. The molecule has 2 amide bonds. The number of fused-ring (bicyclic) bond motifs is 3. The summed E-state index contributed by atoms with van der Waals surface area (Å²) in [5.74, 6) is -4.13. The van der Waals surface area contributed by atoms with E-state index in [1.165, 1.54) is 12.1 Å². The molecule has 9 heteroatoms. The van der Waals surface area contributed by atoms with Gasteiger partial charge in [-0.2, -0.15) is 0 Å². The van der Waals surface area contributed by atoms with Crippen molar-refractivity contribution in [3.63, 3.8) is 0 Å². The van der Waals surface area contributed by atoms with Crippen LogP contribution in [-0.2, 0) is 19.2 Å². The predicted octanol–water partition coefficient (Wildman–Crippen LogP) is 2.06. The van der Waals surface area contributed by atoms with E-state index >= 15 is 0 Å². The van der Waals surface area contributed by atoms with E-state index in [9.17, 15) is 24.0 Å². The quantitative estimate of drug-likeness (QED) is 0.458. The fraction of sp³-hybridized carbons (Fsp3) is 0. The summed E-state index contributed by atoms with van der Waals surface area (Å²) in [4.78, 5) is 57.2. The molecule has 1 aliphatic carbocycles. The first-order valence-corrected chi connectivity index (χ1v) is 8.52. The SMILES string of the molecule is O=C(O)/C=C\C(=O)Nc1ccc2c(c1)C(=O)c1cc(NC(=O)/C=C\C(=O)O)ccc1-2. The molecule has 30 heavy (non-hydrogen) atoms. The molecule has 0 radical (unpaired) electrons. The first-order chi connectivity index (χ1) is 14.2. The van der Waals surface area contributed by atoms with Crippen molar-refractivity contribution in [1.82, 2.24) is 0 Å². The van der Waals surface area contributed by atoms with E-state index in [0.29, 0.717) is 45.8 Å². The van der Waals surface area contributed by atoms with Crippen LogP contribution in [0.5, 0.6) is 0 Å². The summed E-state index contributed by atoms with van der Waals surface area (Å²) < 4.78 is 0. The Hall–Kier alpha value is -4.53. The van der Waals surface area contributed by atoms with Crippen molar-refractivity contribution in [2.75, 3.05) is 10.6 Å². The standard InChI is InChI=1S/C21H14N2O7/c24-17(5-7-19(26)27)22-11-1-3-13-14-4-2-12(23-18(25)6-8-20(28)29)10-16(14)21(30)15(13)9-11/h1-10H,(H,22,24)(H,23,25)(H,26,27)(H,28,29)/b7-5-,8-6-. The minimum absolute atomic E-state index is 0.311. The molecule has 0 atom stereocenters. The van der Waals surface area contributed by atoms with Gasteiger partial charge in [0.1, 0.15) is 0 Å². The molecular formula is C21H14N2O7. The molecule has 0 aromatic heterocycles. The normalized spacial score (nSPS) is 11.9. The highest BCUT2D eigenvalue weighted by Crippen LogP contribution is 2.39. The Morgan fingerprint density at radius 2 is 1.03 bits per heavy atom. The predicted molar refractivity (Wildman–Crippen MR) is 106 cm³/mol. The van der Waals surface area contributed by atoms with Gasteiger partial charge in [0.25, 0.3) is 0 Å². The maximum atomic E-state index is 12.8. The van der Waals surface area contributed by atoms with Gasteiger partial charge in [-0.1, -0.05) is 12.1 Å². The average molecular weight is 406 g/mol. The van der Waals surface area contributed by atoms with Gasteiger partial charge in [0.15, 0.2) is 5.78 Å². The second-order valence-electron chi connectivity index (χ2n) is 6.17. The Balaban J connectivity index is 1.81. The fourth-order valence-corrected chi connectivity index (χ4v) is 2.90. The van der Waals surface area contributed by atoms with Crippen LogP contribution in [0.2, 0.25) is 0 Å². The Morgan fingerprint density at radius 1 is 0.633 bits per heavy atom. The molecule has 0 bridgehead atoms. The molecule has 0 fully saturated rings. The van der Waals surface area contributed by atoms with Gasteiger partial charge in [-0.25, -0.2) is 9.59 Å². The smallest absolute Gasteiger partial charge is 0.328 e. The maximum Gasteiger partial charge on any atom is 0.328 e. The van der Waals surface area contributed by atoms with Crippen LogP contribution >= 0.6 is 0 Å². The molecule has 0 aliphatic heterocycles. The summed E-state index contributed by atoms with van der Waals surface area (Å²) in [6.07, 6.45) is 3.12. The van der Waals surface area contributed by atoms with Gasteiger partial charge in [-0.15, -0.1) is 0 Å². The van der Waals surface area contributed by atoms with Crippen molar-refractivity contribution in [2.45, 2.75) is 0 Å². The largest absolute Gasteiger partial charge is 0.478 e. The van der Waals surface area contributed by atoms with Crippen LogP contribution in [0.25, 0.3) is 11.1 Å². The van der Waals surface area contributed by atoms with Crippen LogP contribution in [0.1, 0.15) is 15.9 Å². The molecular weight excluding hydrogens is 392 g/mol. The summed E-state index contributed by atoms with van der Waals surface area (Å²) in [7, 11) is 0. The number of hydrogen-bond donors (Lipinski definition) is 4. The van der Waals surface area contributed by atoms with Crippen LogP contribution < -0.4 is 10.6 Å². The van der Waals surface area contributed by atoms with Crippen molar-refractivity contribution in [2.24, 2.45) is 0 Å². The molecule has 4 N–H and O–H groups in total. The second-order valence-corrected chi connectivity index (χ2v) is 6.17. The zero-order valence-electron chi connectivity index (χ0n) is 15.2. The summed E-state index contributed by atoms with van der Waals surface area (Å²) in [6.45, 7) is 0. The van der Waals surface area contributed by atoms with Gasteiger partial charge in [0.2, 0.25) is 11.8 Å². The monoisotopic (exact) mass is 406 g/mol. The Labute approximate surface area is 169 Å². The molecule has 9 nitrogen and oxygen atoms in total. The van der Waals surface area contributed by atoms with Gasteiger partial charge in [0.05, 0.1) is 0 Å². The lowest BCUT2D eigenvalue weighted by atomic mass is 10.0. The highest BCUT2D eigenvalue weighted by Gasteiger charge is 2.27. The maximum absolute atomic E-state index is 12.8. The minimum Gasteiger partial charge on any atom is -0.478 e. The molecule has 2 aromatic rings. The summed E-state index contributed by atoms with van der Waals surface area (Å²) in [5, 5.41) is 22.1. The van der Waals surface area contributed by atoms with E-state index in [4.69, 9.17) is 10.2 Å². The average Bonchev–Trinajstić information content (AvgIpc) is 2.96. The molecule has 1 aliphatic rings. The first-order valence-electron chi connectivity index (χ1n) is 8.52. The molecule has 0 heterocycles. The van der Waals surface area contributed by atoms with Crippen molar-refractivity contribution in [3.8, 4) is 11.1 Å². The molecule has 0 spiro atoms. The van der Waals surface area contributed by atoms with Crippen LogP contribution in [0, 0.1) is 0 Å². The van der Waals surface area contributed by atoms with E-state index in [2.05, 4.69) is 10.6 Å². The number of aliphatic carboxylic acids is 2. The Bertz CT molecular complexity index is 1070. The van der Waals surface area contributed by atoms with Gasteiger partial charge in [-0.05, 0) is 35.4 Å². The minimum atomic E-state index is -1.26. The number of amides is 2. The van der Waals surface area contributed by atoms with Gasteiger partial charge < -0.3 is 20.8 Å². The third-order valence-corrected chi connectivity index (χ3v) is 4.11. The number of anilines is 2. The summed E-state index contributed by atoms with van der Waals surface area (Å²) >= 11 is 0. The molecule has 3 rings (SSSR count). The lowest BCUT2D eigenvalue weighted by Gasteiger charge is -2.06. The number of rotatable bonds is 6. The number of carbonyl (C=O) groups excluding carboxylic acids is 3. The lowest BCUT2D eigenvalue weighted by molar-refractivity contribution is -0.132. The Kier molecular flexibility index (Phi) is 5.54. The van der Waals surface area contributed by atoms with E-state index in [1.807, 2.05) is 0 Å². The number of ketones is 1. The molecule has 0 saturated carbocycles. The zero-order chi connectivity index (χ0) is 21.8. The molecule has 0 saturated heterocycles. The molecule has 0 unspecified atom stereocenters. The van der Waals surface area contributed by atoms with Crippen LogP contribution in [0.3, 0.4) is 0 Å². The van der Waals surface area contributed by atoms with Crippen LogP contribution in [0.4, 0.5) is 11.4 Å². The number of carboxylic acids is 2. The number of hydrogen-bond acceptors (Lipinski definition) is 5. The van der Waals surface area contributed by atoms with Gasteiger partial charge >= 0.3 is 11.9 Å². The lowest BCUT2D eigenvalue weighted by Crippen LogP contribution is -2.09. The number of carbonyl (C=O) groups is 5. The Morgan fingerprint density at radius 3 is 1.40 bits per heavy atom. The van der Waals surface area contributed by atoms with E-state index in [-0.39, 0.29) is 5.78 Å². The summed E-state index contributed by atoms with van der Waals surface area (Å²) in [5.41, 5.74) is 2.64. The third kappa shape index (κ3) is 4.47. The number of benzene rings is 2. The number of nitrogens with one attached hydrogen (secondary N) is 2. The van der Waals surface area contributed by atoms with Crippen LogP contribution in [-0.4, -0.2) is 39.7 Å². The van der Waals surface area contributed by atoms with Gasteiger partial charge in [-0.3, -0.25) is 14.4 Å². The molecule has 150 valence electrons. The number of carboxylic acid groups (broad SMARTS) is 2. The van der Waals surface area contributed by atoms with E-state index < -0.39 is 23.8 Å². The highest BCUT2D eigenvalue weighted by atomic mass is 16.4. The summed E-state index contributed by atoms with van der Waals surface area (Å²) in [6, 6.07) is 9.45. The van der Waals surface area contributed by atoms with Crippen molar-refractivity contribution in [3.05, 3.63) is 71.8 Å². The van der Waals surface area contributed by atoms with Crippen LogP contribution in [0.15, 0.2) is 60.7 Å². The van der Waals surface area contributed by atoms with E-state index in [0.717, 1.165) is 12.2 Å². The van der Waals surface area contributed by atoms with Crippen molar-refractivity contribution in [1.29, 1.82) is 0 Å². The topological polar surface area (TPSA) is 150 Å². The van der Waals surface area contributed by atoms with Crippen molar-refractivity contribution < 1.29 is 34.2 Å². The second kappa shape index (κ2) is 8.23. The van der Waals surface area contributed by atoms with Gasteiger partial charge in [0, 0.05) is 46.8 Å². The first kappa shape index (κ1) is 20.2. The highest BCUT2D eigenvalue weighted by molar-refractivity contribution is 6.23. The van der Waals surface area contributed by atoms with E-state index in [1.54, 1.807) is 24.3 Å². The third-order valence-electron chi connectivity index (χ3n) is 4.11. The zero-order valence-corrected chi connectivity index (χ0v) is 15.2. The van der Waals surface area contributed by atoms with Crippen molar-refractivity contribution >= 4 is 40.9 Å². The fourth-order valence-electron chi connectivity index (χ4n) is 2.90.